The number of nitrogens with zero attached hydrogens (tertiary/aromatic N) is 2. The number of hydrogen-bond acceptors (Lipinski definition) is 4. The van der Waals surface area contributed by atoms with E-state index in [1.54, 1.807) is 4.90 Å². The van der Waals surface area contributed by atoms with Crippen molar-refractivity contribution in [3.63, 3.8) is 0 Å². The zero-order valence-corrected chi connectivity index (χ0v) is 15.7. The van der Waals surface area contributed by atoms with Crippen LogP contribution in [-0.4, -0.2) is 52.5 Å². The lowest BCUT2D eigenvalue weighted by Gasteiger charge is -2.38. The minimum Gasteiger partial charge on any atom is -0.480 e. The van der Waals surface area contributed by atoms with Crippen LogP contribution < -0.4 is 0 Å². The standard InChI is InChI=1S/C20H28N2O4/c1-13-9-16(26-14(13)2)11-21-7-5-20(6-8-21)10-17(19(24)25)22(12-20)18(23)15-3-4-15/h9,15,17H,3-8,10-12H2,1-2H3,(H,24,25). The molecule has 1 aromatic heterocycles. The number of carbonyl (C=O) groups is 2. The van der Waals surface area contributed by atoms with Crippen LogP contribution in [0.15, 0.2) is 10.5 Å². The topological polar surface area (TPSA) is 74.0 Å². The van der Waals surface area contributed by atoms with Crippen LogP contribution in [-0.2, 0) is 16.1 Å². The number of carboxylic acids is 1. The normalized spacial score (nSPS) is 25.8. The number of furan rings is 1. The molecular formula is C20H28N2O4. The van der Waals surface area contributed by atoms with Crippen molar-refractivity contribution >= 4 is 11.9 Å². The van der Waals surface area contributed by atoms with Crippen LogP contribution in [0, 0.1) is 25.2 Å². The second-order valence-electron chi connectivity index (χ2n) is 8.53. The van der Waals surface area contributed by atoms with Gasteiger partial charge in [-0.2, -0.15) is 0 Å². The van der Waals surface area contributed by atoms with Crippen molar-refractivity contribution in [3.8, 4) is 0 Å². The fourth-order valence-electron chi connectivity index (χ4n) is 4.57. The van der Waals surface area contributed by atoms with Gasteiger partial charge in [0, 0.05) is 12.5 Å². The molecular weight excluding hydrogens is 332 g/mol. The summed E-state index contributed by atoms with van der Waals surface area (Å²) in [7, 11) is 0. The van der Waals surface area contributed by atoms with E-state index in [4.69, 9.17) is 4.42 Å². The fourth-order valence-corrected chi connectivity index (χ4v) is 4.57. The maximum atomic E-state index is 12.5. The predicted molar refractivity (Wildman–Crippen MR) is 95.6 cm³/mol. The first-order chi connectivity index (χ1) is 12.4. The maximum absolute atomic E-state index is 12.5. The van der Waals surface area contributed by atoms with Gasteiger partial charge in [0.25, 0.3) is 0 Å². The average Bonchev–Trinajstić information content (AvgIpc) is 3.31. The van der Waals surface area contributed by atoms with Gasteiger partial charge in [-0.3, -0.25) is 9.69 Å². The molecule has 1 aromatic rings. The third-order valence-electron chi connectivity index (χ3n) is 6.52. The summed E-state index contributed by atoms with van der Waals surface area (Å²) in [5.41, 5.74) is 1.15. The van der Waals surface area contributed by atoms with E-state index in [1.165, 1.54) is 5.56 Å². The molecule has 0 bridgehead atoms. The number of aliphatic carboxylic acids is 1. The number of carbonyl (C=O) groups excluding carboxylic acids is 1. The van der Waals surface area contributed by atoms with Gasteiger partial charge in [-0.05, 0) is 76.1 Å². The smallest absolute Gasteiger partial charge is 0.326 e. The molecule has 1 atom stereocenters. The lowest BCUT2D eigenvalue weighted by molar-refractivity contribution is -0.148. The van der Waals surface area contributed by atoms with Crippen molar-refractivity contribution in [2.75, 3.05) is 19.6 Å². The van der Waals surface area contributed by atoms with Gasteiger partial charge in [0.1, 0.15) is 17.6 Å². The second-order valence-corrected chi connectivity index (χ2v) is 8.53. The monoisotopic (exact) mass is 360 g/mol. The second kappa shape index (κ2) is 6.41. The molecule has 1 spiro atoms. The van der Waals surface area contributed by atoms with Crippen molar-refractivity contribution in [3.05, 3.63) is 23.2 Å². The first-order valence-corrected chi connectivity index (χ1v) is 9.68. The van der Waals surface area contributed by atoms with Crippen molar-refractivity contribution in [2.45, 2.75) is 58.5 Å². The average molecular weight is 360 g/mol. The Kier molecular flexibility index (Phi) is 4.34. The summed E-state index contributed by atoms with van der Waals surface area (Å²) in [5, 5.41) is 9.61. The van der Waals surface area contributed by atoms with Gasteiger partial charge in [-0.25, -0.2) is 4.79 Å². The molecule has 1 N–H and O–H groups in total. The van der Waals surface area contributed by atoms with Crippen LogP contribution in [0.2, 0.25) is 0 Å². The number of amides is 1. The van der Waals surface area contributed by atoms with Crippen molar-refractivity contribution < 1.29 is 19.1 Å². The maximum Gasteiger partial charge on any atom is 0.326 e. The first kappa shape index (κ1) is 17.6. The highest BCUT2D eigenvalue weighted by atomic mass is 16.4. The summed E-state index contributed by atoms with van der Waals surface area (Å²) < 4.78 is 5.79. The highest BCUT2D eigenvalue weighted by molar-refractivity contribution is 5.87. The van der Waals surface area contributed by atoms with Crippen molar-refractivity contribution in [1.82, 2.24) is 9.80 Å². The Morgan fingerprint density at radius 3 is 2.50 bits per heavy atom. The van der Waals surface area contributed by atoms with E-state index in [9.17, 15) is 14.7 Å². The first-order valence-electron chi connectivity index (χ1n) is 9.68. The molecule has 3 heterocycles. The molecule has 1 saturated carbocycles. The summed E-state index contributed by atoms with van der Waals surface area (Å²) in [5.74, 6) is 1.27. The molecule has 1 amide bonds. The van der Waals surface area contributed by atoms with Crippen LogP contribution in [0.4, 0.5) is 0 Å². The molecule has 0 aromatic carbocycles. The highest BCUT2D eigenvalue weighted by Crippen LogP contribution is 2.45. The number of piperidine rings is 1. The molecule has 26 heavy (non-hydrogen) atoms. The number of rotatable bonds is 4. The molecule has 2 aliphatic heterocycles. The quantitative estimate of drug-likeness (QED) is 0.893. The van der Waals surface area contributed by atoms with E-state index in [2.05, 4.69) is 17.9 Å². The van der Waals surface area contributed by atoms with Gasteiger partial charge in [-0.15, -0.1) is 0 Å². The summed E-state index contributed by atoms with van der Waals surface area (Å²) >= 11 is 0. The van der Waals surface area contributed by atoms with Crippen LogP contribution >= 0.6 is 0 Å². The summed E-state index contributed by atoms with van der Waals surface area (Å²) in [6.07, 6.45) is 4.34. The van der Waals surface area contributed by atoms with Gasteiger partial charge in [0.15, 0.2) is 0 Å². The molecule has 4 rings (SSSR count). The van der Waals surface area contributed by atoms with E-state index in [1.807, 2.05) is 6.92 Å². The Balaban J connectivity index is 1.39. The van der Waals surface area contributed by atoms with E-state index in [0.29, 0.717) is 13.0 Å². The molecule has 0 radical (unpaired) electrons. The highest BCUT2D eigenvalue weighted by Gasteiger charge is 2.51. The van der Waals surface area contributed by atoms with E-state index < -0.39 is 12.0 Å². The summed E-state index contributed by atoms with van der Waals surface area (Å²) in [4.78, 5) is 28.3. The molecule has 2 saturated heterocycles. The minimum absolute atomic E-state index is 0.0287. The number of aryl methyl sites for hydroxylation is 2. The van der Waals surface area contributed by atoms with Crippen molar-refractivity contribution in [1.29, 1.82) is 0 Å². The van der Waals surface area contributed by atoms with Crippen LogP contribution in [0.5, 0.6) is 0 Å². The van der Waals surface area contributed by atoms with E-state index in [-0.39, 0.29) is 17.2 Å². The Bertz CT molecular complexity index is 694. The molecule has 6 heteroatoms. The Morgan fingerprint density at radius 2 is 1.96 bits per heavy atom. The van der Waals surface area contributed by atoms with Gasteiger partial charge in [-0.1, -0.05) is 0 Å². The Hall–Kier alpha value is -1.82. The molecule has 3 fully saturated rings. The summed E-state index contributed by atoms with van der Waals surface area (Å²) in [6, 6.07) is 1.47. The zero-order valence-electron chi connectivity index (χ0n) is 15.7. The Morgan fingerprint density at radius 1 is 1.27 bits per heavy atom. The van der Waals surface area contributed by atoms with Gasteiger partial charge in [0.2, 0.25) is 5.91 Å². The zero-order chi connectivity index (χ0) is 18.5. The lowest BCUT2D eigenvalue weighted by Crippen LogP contribution is -2.43. The third-order valence-corrected chi connectivity index (χ3v) is 6.52. The minimum atomic E-state index is -0.847. The van der Waals surface area contributed by atoms with Crippen LogP contribution in [0.25, 0.3) is 0 Å². The Labute approximate surface area is 154 Å². The molecule has 6 nitrogen and oxygen atoms in total. The summed E-state index contributed by atoms with van der Waals surface area (Å²) in [6.45, 7) is 7.32. The molecule has 3 aliphatic rings. The van der Waals surface area contributed by atoms with Gasteiger partial charge < -0.3 is 14.4 Å². The van der Waals surface area contributed by atoms with Gasteiger partial charge >= 0.3 is 5.97 Å². The number of carboxylic acid groups (broad SMARTS) is 1. The van der Waals surface area contributed by atoms with Gasteiger partial charge in [0.05, 0.1) is 6.54 Å². The van der Waals surface area contributed by atoms with Crippen LogP contribution in [0.3, 0.4) is 0 Å². The van der Waals surface area contributed by atoms with Crippen molar-refractivity contribution in [2.24, 2.45) is 11.3 Å². The predicted octanol–water partition coefficient (Wildman–Crippen LogP) is 2.57. The van der Waals surface area contributed by atoms with E-state index >= 15 is 0 Å². The molecule has 1 unspecified atom stereocenters. The molecule has 142 valence electrons. The third kappa shape index (κ3) is 3.27. The number of likely N-dealkylation sites (tertiary alicyclic amines) is 2. The lowest BCUT2D eigenvalue weighted by atomic mass is 9.76. The molecule has 1 aliphatic carbocycles. The largest absolute Gasteiger partial charge is 0.480 e. The fraction of sp³-hybridized carbons (Fsp3) is 0.700. The van der Waals surface area contributed by atoms with Crippen LogP contribution in [0.1, 0.15) is 49.2 Å². The number of hydrogen-bond donors (Lipinski definition) is 1. The van der Waals surface area contributed by atoms with E-state index in [0.717, 1.165) is 56.8 Å². The SMILES string of the molecule is Cc1cc(CN2CCC3(CC2)CC(C(=O)O)N(C(=O)C2CC2)C3)oc1C.